The number of fused-ring (bicyclic) bond motifs is 11. The molecule has 0 saturated carbocycles. The molecule has 0 radical (unpaired) electrons. The maximum absolute atomic E-state index is 2.66. The SMILES string of the molecule is CN1C(c2ccc(-c3ccccc3)cc2)=CN2c3ccc4c5ccccc5n5c4c3C3(c4c-5ccc5c6ccccc6n(c45)-c4cc(C(C)(C)C)cc[n+]43)C12. The van der Waals surface area contributed by atoms with Crippen molar-refractivity contribution >= 4 is 55.0 Å². The number of nitrogens with zero attached hydrogens (tertiary/aromatic N) is 5. The zero-order valence-electron chi connectivity index (χ0n) is 31.2. The molecule has 0 fully saturated rings. The highest BCUT2D eigenvalue weighted by atomic mass is 15.5. The summed E-state index contributed by atoms with van der Waals surface area (Å²) in [7, 11) is 2.32. The predicted molar refractivity (Wildman–Crippen MR) is 224 cm³/mol. The third-order valence-electron chi connectivity index (χ3n) is 13.3. The summed E-state index contributed by atoms with van der Waals surface area (Å²) in [5, 5.41) is 5.20. The van der Waals surface area contributed by atoms with E-state index in [1.165, 1.54) is 99.9 Å². The van der Waals surface area contributed by atoms with Gasteiger partial charge in [0.2, 0.25) is 5.54 Å². The van der Waals surface area contributed by atoms with Crippen LogP contribution in [0.3, 0.4) is 0 Å². The molecule has 0 N–H and O–H groups in total. The number of aromatic nitrogens is 3. The summed E-state index contributed by atoms with van der Waals surface area (Å²) in [4.78, 5) is 5.16. The highest BCUT2D eigenvalue weighted by molar-refractivity contribution is 6.17. The minimum atomic E-state index is -0.568. The molecular weight excluding hydrogens is 671 g/mol. The van der Waals surface area contributed by atoms with Gasteiger partial charge >= 0.3 is 0 Å². The van der Waals surface area contributed by atoms with Gasteiger partial charge in [-0.2, -0.15) is 4.57 Å². The van der Waals surface area contributed by atoms with Crippen molar-refractivity contribution in [1.29, 1.82) is 0 Å². The summed E-state index contributed by atoms with van der Waals surface area (Å²) in [6.07, 6.45) is 4.79. The molecule has 55 heavy (non-hydrogen) atoms. The number of pyridine rings is 1. The molecule has 4 aliphatic heterocycles. The van der Waals surface area contributed by atoms with E-state index in [0.717, 1.165) is 0 Å². The zero-order chi connectivity index (χ0) is 36.5. The summed E-state index contributed by atoms with van der Waals surface area (Å²) in [5.41, 5.74) is 16.1. The molecule has 6 aromatic carbocycles. The number of benzene rings is 6. The van der Waals surface area contributed by atoms with E-state index in [1.807, 2.05) is 0 Å². The molecule has 9 aromatic rings. The monoisotopic (exact) mass is 708 g/mol. The van der Waals surface area contributed by atoms with Crippen LogP contribution >= 0.6 is 0 Å². The molecular formula is C50H38N5+. The summed E-state index contributed by atoms with van der Waals surface area (Å²) in [6.45, 7) is 6.99. The molecule has 262 valence electrons. The molecule has 3 aromatic heterocycles. The van der Waals surface area contributed by atoms with Crippen molar-refractivity contribution in [3.63, 3.8) is 0 Å². The molecule has 4 aliphatic rings. The van der Waals surface area contributed by atoms with Crippen molar-refractivity contribution in [3.05, 3.63) is 174 Å². The summed E-state index contributed by atoms with van der Waals surface area (Å²) in [6, 6.07) is 52.3. The first-order valence-electron chi connectivity index (χ1n) is 19.5. The van der Waals surface area contributed by atoms with Crippen molar-refractivity contribution in [2.75, 3.05) is 11.9 Å². The second kappa shape index (κ2) is 9.74. The quantitative estimate of drug-likeness (QED) is 0.167. The second-order valence-electron chi connectivity index (χ2n) is 16.9. The topological polar surface area (TPSA) is 20.2 Å². The third-order valence-corrected chi connectivity index (χ3v) is 13.3. The van der Waals surface area contributed by atoms with Crippen LogP contribution in [0.25, 0.3) is 71.9 Å². The van der Waals surface area contributed by atoms with Gasteiger partial charge in [-0.3, -0.25) is 0 Å². The lowest BCUT2D eigenvalue weighted by atomic mass is 9.75. The van der Waals surface area contributed by atoms with Gasteiger partial charge in [0, 0.05) is 40.9 Å². The van der Waals surface area contributed by atoms with Crippen molar-refractivity contribution < 1.29 is 4.57 Å². The number of hydrogen-bond acceptors (Lipinski definition) is 2. The van der Waals surface area contributed by atoms with E-state index in [1.54, 1.807) is 0 Å². The van der Waals surface area contributed by atoms with Crippen LogP contribution in [0.1, 0.15) is 43.0 Å². The van der Waals surface area contributed by atoms with Crippen LogP contribution in [0, 0.1) is 0 Å². The highest BCUT2D eigenvalue weighted by Gasteiger charge is 2.67. The van der Waals surface area contributed by atoms with Gasteiger partial charge in [-0.1, -0.05) is 112 Å². The van der Waals surface area contributed by atoms with E-state index in [4.69, 9.17) is 0 Å². The Kier molecular flexibility index (Phi) is 5.28. The molecule has 13 rings (SSSR count). The third kappa shape index (κ3) is 3.37. The molecule has 7 heterocycles. The molecule has 0 aliphatic carbocycles. The number of hydrogen-bond donors (Lipinski definition) is 0. The Morgan fingerprint density at radius 2 is 1.15 bits per heavy atom. The Balaban J connectivity index is 1.18. The Labute approximate surface area is 319 Å². The average molecular weight is 709 g/mol. The van der Waals surface area contributed by atoms with Gasteiger partial charge in [-0.05, 0) is 70.1 Å². The number of anilines is 1. The van der Waals surface area contributed by atoms with Gasteiger partial charge in [0.05, 0.1) is 45.4 Å². The molecule has 2 atom stereocenters. The van der Waals surface area contributed by atoms with Crippen LogP contribution in [-0.2, 0) is 11.0 Å². The van der Waals surface area contributed by atoms with Crippen LogP contribution in [0.2, 0.25) is 0 Å². The van der Waals surface area contributed by atoms with Gasteiger partial charge in [0.25, 0.3) is 5.82 Å². The minimum Gasteiger partial charge on any atom is -0.348 e. The van der Waals surface area contributed by atoms with Crippen molar-refractivity contribution in [2.24, 2.45) is 0 Å². The van der Waals surface area contributed by atoms with Crippen LogP contribution in [0.5, 0.6) is 0 Å². The van der Waals surface area contributed by atoms with E-state index in [0.29, 0.717) is 0 Å². The second-order valence-corrected chi connectivity index (χ2v) is 16.9. The van der Waals surface area contributed by atoms with Crippen molar-refractivity contribution in [1.82, 2.24) is 14.0 Å². The van der Waals surface area contributed by atoms with Crippen molar-refractivity contribution in [2.45, 2.75) is 37.9 Å². The predicted octanol–water partition coefficient (Wildman–Crippen LogP) is 10.6. The van der Waals surface area contributed by atoms with E-state index in [-0.39, 0.29) is 11.6 Å². The largest absolute Gasteiger partial charge is 0.348 e. The fourth-order valence-corrected chi connectivity index (χ4v) is 10.9. The van der Waals surface area contributed by atoms with Crippen molar-refractivity contribution in [3.8, 4) is 22.6 Å². The summed E-state index contributed by atoms with van der Waals surface area (Å²) >= 11 is 0. The first-order valence-corrected chi connectivity index (χ1v) is 19.5. The lowest BCUT2D eigenvalue weighted by molar-refractivity contribution is -0.743. The average Bonchev–Trinajstić information content (AvgIpc) is 3.93. The van der Waals surface area contributed by atoms with Gasteiger partial charge in [0.15, 0.2) is 11.7 Å². The van der Waals surface area contributed by atoms with Gasteiger partial charge in [-0.15, -0.1) is 0 Å². The Bertz CT molecular complexity index is 3210. The van der Waals surface area contributed by atoms with Crippen LogP contribution in [0.15, 0.2) is 152 Å². The highest BCUT2D eigenvalue weighted by Crippen LogP contribution is 2.62. The number of rotatable bonds is 2. The van der Waals surface area contributed by atoms with Crippen LogP contribution in [0.4, 0.5) is 5.69 Å². The summed E-state index contributed by atoms with van der Waals surface area (Å²) < 4.78 is 7.83. The van der Waals surface area contributed by atoms with Gasteiger partial charge in [-0.25, -0.2) is 4.57 Å². The molecule has 0 bridgehead atoms. The van der Waals surface area contributed by atoms with Crippen LogP contribution < -0.4 is 9.47 Å². The standard InChI is InChI=1S/C50H38N5/c1-49(2,3)33-26-27-53-43(28-33)55-39-17-11-9-15-35(39)37-23-25-41-45(47(37)55)50(53)44-40(24-22-36-34-14-8-10-16-38(34)54(41)46(36)44)52-29-42(51(4)48(50)52)32-20-18-31(19-21-32)30-12-6-5-7-13-30/h5-29,48H,1-4H3/q+1. The first kappa shape index (κ1) is 29.8. The normalized spacial score (nSPS) is 18.8. The van der Waals surface area contributed by atoms with Gasteiger partial charge < -0.3 is 14.4 Å². The zero-order valence-corrected chi connectivity index (χ0v) is 31.2. The Morgan fingerprint density at radius 3 is 1.85 bits per heavy atom. The molecule has 0 amide bonds. The molecule has 5 heteroatoms. The Hall–Kier alpha value is -6.59. The lowest BCUT2D eigenvalue weighted by Crippen LogP contribution is -2.70. The molecule has 0 saturated heterocycles. The van der Waals surface area contributed by atoms with E-state index in [9.17, 15) is 0 Å². The fourth-order valence-electron chi connectivity index (χ4n) is 10.9. The Morgan fingerprint density at radius 1 is 0.564 bits per heavy atom. The van der Waals surface area contributed by atoms with Crippen LogP contribution in [-0.4, -0.2) is 27.2 Å². The smallest absolute Gasteiger partial charge is 0.288 e. The minimum absolute atomic E-state index is 0.0197. The van der Waals surface area contributed by atoms with E-state index >= 15 is 0 Å². The van der Waals surface area contributed by atoms with Gasteiger partial charge in [0.1, 0.15) is 5.52 Å². The molecule has 2 unspecified atom stereocenters. The van der Waals surface area contributed by atoms with E-state index in [2.05, 4.69) is 203 Å². The van der Waals surface area contributed by atoms with E-state index < -0.39 is 5.54 Å². The lowest BCUT2D eigenvalue weighted by Gasteiger charge is -2.44. The molecule has 1 spiro atoms. The number of para-hydroxylation sites is 2. The molecule has 5 nitrogen and oxygen atoms in total. The maximum Gasteiger partial charge on any atom is 0.288 e. The number of likely N-dealkylation sites (N-methyl/N-ethyl adjacent to an activating group) is 1. The summed E-state index contributed by atoms with van der Waals surface area (Å²) in [5.74, 6) is 1.21. The maximum atomic E-state index is 2.66. The fraction of sp³-hybridized carbons (Fsp3) is 0.140. The first-order chi connectivity index (χ1) is 26.9.